The minimum absolute atomic E-state index is 0.0439. The van der Waals surface area contributed by atoms with E-state index in [1.807, 2.05) is 55.6 Å². The van der Waals surface area contributed by atoms with Crippen LogP contribution < -0.4 is 9.80 Å². The van der Waals surface area contributed by atoms with Gasteiger partial charge in [0.1, 0.15) is 6.04 Å². The minimum Gasteiger partial charge on any atom is -0.295 e. The van der Waals surface area contributed by atoms with Crippen LogP contribution in [0.4, 0.5) is 11.4 Å². The van der Waals surface area contributed by atoms with Gasteiger partial charge in [-0.15, -0.1) is 11.3 Å². The molecule has 1 saturated heterocycles. The molecule has 0 spiro atoms. The van der Waals surface area contributed by atoms with Crippen LogP contribution in [0.15, 0.2) is 66.0 Å². The smallest absolute Gasteiger partial charge is 0.269 e. The molecule has 0 radical (unpaired) electrons. The lowest BCUT2D eigenvalue weighted by molar-refractivity contribution is -0.121. The number of imide groups is 1. The maximum absolute atomic E-state index is 13.3. The molecule has 1 fully saturated rings. The van der Waals surface area contributed by atoms with Crippen LogP contribution in [0.5, 0.6) is 0 Å². The number of thiophene rings is 1. The summed E-state index contributed by atoms with van der Waals surface area (Å²) in [6.07, 6.45) is -0.0439. The van der Waals surface area contributed by atoms with Gasteiger partial charge >= 0.3 is 0 Å². The molecule has 0 saturated carbocycles. The summed E-state index contributed by atoms with van der Waals surface area (Å²) < 4.78 is 0. The molecule has 1 unspecified atom stereocenters. The zero-order chi connectivity index (χ0) is 20.5. The largest absolute Gasteiger partial charge is 0.295 e. The number of amides is 3. The molecule has 5 nitrogen and oxygen atoms in total. The maximum atomic E-state index is 13.3. The van der Waals surface area contributed by atoms with Gasteiger partial charge in [-0.1, -0.05) is 41.5 Å². The first-order valence-electron chi connectivity index (χ1n) is 9.33. The van der Waals surface area contributed by atoms with Gasteiger partial charge in [0, 0.05) is 5.69 Å². The second-order valence-electron chi connectivity index (χ2n) is 7.11. The molecule has 3 amide bonds. The van der Waals surface area contributed by atoms with E-state index in [1.165, 1.54) is 21.1 Å². The van der Waals surface area contributed by atoms with Crippen molar-refractivity contribution in [2.24, 2.45) is 0 Å². The van der Waals surface area contributed by atoms with E-state index in [0.29, 0.717) is 16.3 Å². The monoisotopic (exact) mass is 404 g/mol. The third-order valence-corrected chi connectivity index (χ3v) is 5.85. The first-order valence-corrected chi connectivity index (χ1v) is 10.2. The average molecular weight is 404 g/mol. The molecule has 146 valence electrons. The fourth-order valence-corrected chi connectivity index (χ4v) is 4.11. The van der Waals surface area contributed by atoms with Crippen molar-refractivity contribution < 1.29 is 14.4 Å². The topological polar surface area (TPSA) is 57.7 Å². The lowest BCUT2D eigenvalue weighted by Crippen LogP contribution is -2.45. The minimum atomic E-state index is -0.874. The Kier molecular flexibility index (Phi) is 5.03. The Morgan fingerprint density at radius 1 is 0.966 bits per heavy atom. The fourth-order valence-electron chi connectivity index (χ4n) is 3.45. The standard InChI is InChI=1S/C23H20N2O3S/c1-15-5-9-17(10-6-15)24(23(28)20-4-3-13-29-20)19-14-21(26)25(22(19)27)18-11-7-16(2)8-12-18/h3-13,19H,14H2,1-2H3. The SMILES string of the molecule is Cc1ccc(N2C(=O)CC(N(C(=O)c3cccs3)c3ccc(C)cc3)C2=O)cc1. The normalized spacial score (nSPS) is 16.3. The molecular weight excluding hydrogens is 384 g/mol. The van der Waals surface area contributed by atoms with E-state index in [-0.39, 0.29) is 24.1 Å². The zero-order valence-corrected chi connectivity index (χ0v) is 17.0. The van der Waals surface area contributed by atoms with Crippen LogP contribution in [0.25, 0.3) is 0 Å². The summed E-state index contributed by atoms with van der Waals surface area (Å²) in [6, 6.07) is 17.3. The molecular formula is C23H20N2O3S. The Hall–Kier alpha value is -3.25. The zero-order valence-electron chi connectivity index (χ0n) is 16.2. The molecule has 4 rings (SSSR count). The van der Waals surface area contributed by atoms with E-state index >= 15 is 0 Å². The molecule has 2 aromatic carbocycles. The molecule has 1 aliphatic heterocycles. The number of rotatable bonds is 4. The summed E-state index contributed by atoms with van der Waals surface area (Å²) in [5, 5.41) is 1.82. The molecule has 3 aromatic rings. The highest BCUT2D eigenvalue weighted by Gasteiger charge is 2.45. The van der Waals surface area contributed by atoms with Crippen molar-refractivity contribution in [1.82, 2.24) is 0 Å². The van der Waals surface area contributed by atoms with Crippen molar-refractivity contribution in [3.63, 3.8) is 0 Å². The number of nitrogens with zero attached hydrogens (tertiary/aromatic N) is 2. The van der Waals surface area contributed by atoms with Gasteiger partial charge in [-0.3, -0.25) is 19.3 Å². The van der Waals surface area contributed by atoms with Gasteiger partial charge in [0.15, 0.2) is 0 Å². The van der Waals surface area contributed by atoms with Gasteiger partial charge in [0.2, 0.25) is 5.91 Å². The third-order valence-electron chi connectivity index (χ3n) is 4.99. The highest BCUT2D eigenvalue weighted by atomic mass is 32.1. The highest BCUT2D eigenvalue weighted by molar-refractivity contribution is 7.12. The van der Waals surface area contributed by atoms with E-state index in [0.717, 1.165) is 11.1 Å². The van der Waals surface area contributed by atoms with Gasteiger partial charge in [-0.25, -0.2) is 4.90 Å². The number of carbonyl (C=O) groups is 3. The van der Waals surface area contributed by atoms with Crippen molar-refractivity contribution in [2.75, 3.05) is 9.80 Å². The van der Waals surface area contributed by atoms with Crippen molar-refractivity contribution in [3.8, 4) is 0 Å². The van der Waals surface area contributed by atoms with Crippen molar-refractivity contribution >= 4 is 40.4 Å². The Morgan fingerprint density at radius 3 is 2.17 bits per heavy atom. The van der Waals surface area contributed by atoms with E-state index in [4.69, 9.17) is 0 Å². The molecule has 1 aliphatic rings. The van der Waals surface area contributed by atoms with E-state index in [2.05, 4.69) is 0 Å². The predicted octanol–water partition coefficient (Wildman–Crippen LogP) is 4.34. The van der Waals surface area contributed by atoms with E-state index < -0.39 is 6.04 Å². The molecule has 0 bridgehead atoms. The summed E-state index contributed by atoms with van der Waals surface area (Å²) in [4.78, 5) is 42.5. The highest BCUT2D eigenvalue weighted by Crippen LogP contribution is 2.31. The summed E-state index contributed by atoms with van der Waals surface area (Å²) in [5.74, 6) is -0.968. The Morgan fingerprint density at radius 2 is 1.59 bits per heavy atom. The second-order valence-corrected chi connectivity index (χ2v) is 8.06. The van der Waals surface area contributed by atoms with Crippen LogP contribution in [0.1, 0.15) is 27.2 Å². The van der Waals surface area contributed by atoms with Crippen molar-refractivity contribution in [3.05, 3.63) is 82.0 Å². The summed E-state index contributed by atoms with van der Waals surface area (Å²) in [5.41, 5.74) is 3.22. The van der Waals surface area contributed by atoms with Crippen molar-refractivity contribution in [1.29, 1.82) is 0 Å². The quantitative estimate of drug-likeness (QED) is 0.608. The average Bonchev–Trinajstić information content (AvgIpc) is 3.34. The van der Waals surface area contributed by atoms with Gasteiger partial charge in [-0.05, 0) is 49.6 Å². The van der Waals surface area contributed by atoms with Crippen LogP contribution in [-0.2, 0) is 9.59 Å². The number of anilines is 2. The van der Waals surface area contributed by atoms with Crippen LogP contribution in [-0.4, -0.2) is 23.8 Å². The number of aryl methyl sites for hydroxylation is 2. The number of hydrogen-bond donors (Lipinski definition) is 0. The third kappa shape index (κ3) is 3.59. The van der Waals surface area contributed by atoms with E-state index in [9.17, 15) is 14.4 Å². The first-order chi connectivity index (χ1) is 14.0. The van der Waals surface area contributed by atoms with Gasteiger partial charge < -0.3 is 0 Å². The summed E-state index contributed by atoms with van der Waals surface area (Å²) in [6.45, 7) is 3.90. The molecule has 0 N–H and O–H groups in total. The second kappa shape index (κ2) is 7.64. The number of benzene rings is 2. The van der Waals surface area contributed by atoms with Gasteiger partial charge in [0.05, 0.1) is 17.0 Å². The van der Waals surface area contributed by atoms with Crippen LogP contribution in [0.2, 0.25) is 0 Å². The predicted molar refractivity (Wildman–Crippen MR) is 114 cm³/mol. The van der Waals surface area contributed by atoms with Crippen LogP contribution in [0, 0.1) is 13.8 Å². The summed E-state index contributed by atoms with van der Waals surface area (Å²) >= 11 is 1.32. The number of hydrogen-bond acceptors (Lipinski definition) is 4. The van der Waals surface area contributed by atoms with E-state index in [1.54, 1.807) is 24.3 Å². The van der Waals surface area contributed by atoms with Crippen molar-refractivity contribution in [2.45, 2.75) is 26.3 Å². The molecule has 1 aromatic heterocycles. The van der Waals surface area contributed by atoms with Crippen LogP contribution >= 0.6 is 11.3 Å². The first kappa shape index (κ1) is 19.1. The molecule has 6 heteroatoms. The van der Waals surface area contributed by atoms with Gasteiger partial charge in [0.25, 0.3) is 11.8 Å². The molecule has 29 heavy (non-hydrogen) atoms. The fraction of sp³-hybridized carbons (Fsp3) is 0.174. The molecule has 1 atom stereocenters. The maximum Gasteiger partial charge on any atom is 0.269 e. The van der Waals surface area contributed by atoms with Crippen LogP contribution in [0.3, 0.4) is 0 Å². The Labute approximate surface area is 173 Å². The molecule has 2 heterocycles. The lowest BCUT2D eigenvalue weighted by atomic mass is 10.1. The molecule has 0 aliphatic carbocycles. The van der Waals surface area contributed by atoms with Gasteiger partial charge in [-0.2, -0.15) is 0 Å². The summed E-state index contributed by atoms with van der Waals surface area (Å²) in [7, 11) is 0. The Balaban J connectivity index is 1.73. The lowest BCUT2D eigenvalue weighted by Gasteiger charge is -2.27. The Bertz CT molecular complexity index is 1060. The number of carbonyl (C=O) groups excluding carboxylic acids is 3.